The van der Waals surface area contributed by atoms with Crippen molar-refractivity contribution in [3.05, 3.63) is 33.7 Å². The molecule has 1 aromatic rings. The molecule has 9 heteroatoms. The Labute approximate surface area is 131 Å². The molecule has 128 valence electrons. The molecule has 1 fully saturated rings. The number of amides is 1. The van der Waals surface area contributed by atoms with Crippen LogP contribution in [-0.2, 0) is 0 Å². The van der Waals surface area contributed by atoms with Gasteiger partial charge in [-0.3, -0.25) is 14.5 Å². The zero-order chi connectivity index (χ0) is 17.0. The lowest BCUT2D eigenvalue weighted by molar-refractivity contribution is -0.183. The second-order valence-electron chi connectivity index (χ2n) is 5.44. The molecule has 3 N–H and O–H groups in total. The van der Waals surface area contributed by atoms with Crippen molar-refractivity contribution in [3.8, 4) is 0 Å². The Morgan fingerprint density at radius 1 is 1.35 bits per heavy atom. The van der Waals surface area contributed by atoms with Crippen LogP contribution in [-0.4, -0.2) is 60.7 Å². The first-order valence-electron chi connectivity index (χ1n) is 7.28. The third-order valence-electron chi connectivity index (χ3n) is 3.73. The van der Waals surface area contributed by atoms with E-state index in [1.807, 2.05) is 0 Å². The van der Waals surface area contributed by atoms with Crippen LogP contribution in [0.2, 0.25) is 0 Å². The molecule has 0 spiro atoms. The zero-order valence-corrected chi connectivity index (χ0v) is 12.7. The van der Waals surface area contributed by atoms with E-state index in [0.717, 1.165) is 0 Å². The Balaban J connectivity index is 2.05. The molecular weight excluding hydrogens is 313 g/mol. The van der Waals surface area contributed by atoms with Gasteiger partial charge in [0.15, 0.2) is 0 Å². The Bertz CT molecular complexity index is 609. The molecule has 1 aliphatic heterocycles. The van der Waals surface area contributed by atoms with Crippen molar-refractivity contribution in [2.24, 2.45) is 0 Å². The Kier molecular flexibility index (Phi) is 5.42. The first-order valence-corrected chi connectivity index (χ1v) is 7.28. The van der Waals surface area contributed by atoms with E-state index in [2.05, 4.69) is 15.6 Å². The van der Waals surface area contributed by atoms with Crippen molar-refractivity contribution in [1.82, 2.24) is 20.5 Å². The maximum absolute atomic E-state index is 13.2. The molecule has 1 atom stereocenters. The largest absolute Gasteiger partial charge is 0.405 e. The summed E-state index contributed by atoms with van der Waals surface area (Å²) in [5.74, 6) is -0.810. The molecule has 0 aromatic carbocycles. The second kappa shape index (κ2) is 7.14. The summed E-state index contributed by atoms with van der Waals surface area (Å²) in [6.45, 7) is 2.51. The van der Waals surface area contributed by atoms with Crippen molar-refractivity contribution in [2.75, 3.05) is 32.7 Å². The summed E-state index contributed by atoms with van der Waals surface area (Å²) in [7, 11) is 0. The van der Waals surface area contributed by atoms with Crippen LogP contribution in [0, 0.1) is 6.92 Å². The van der Waals surface area contributed by atoms with E-state index < -0.39 is 30.2 Å². The highest BCUT2D eigenvalue weighted by Gasteiger charge is 2.43. The first kappa shape index (κ1) is 17.5. The van der Waals surface area contributed by atoms with Crippen LogP contribution in [0.5, 0.6) is 0 Å². The number of pyridine rings is 1. The number of aromatic nitrogens is 1. The second-order valence-corrected chi connectivity index (χ2v) is 5.44. The molecule has 0 bridgehead atoms. The van der Waals surface area contributed by atoms with Gasteiger partial charge in [-0.15, -0.1) is 0 Å². The smallest absolute Gasteiger partial charge is 0.350 e. The first-order chi connectivity index (χ1) is 10.8. The number of aryl methyl sites for hydroxylation is 1. The predicted octanol–water partition coefficient (Wildman–Crippen LogP) is 0.249. The van der Waals surface area contributed by atoms with Crippen LogP contribution in [0.25, 0.3) is 0 Å². The van der Waals surface area contributed by atoms with Gasteiger partial charge in [-0.2, -0.15) is 13.2 Å². The summed E-state index contributed by atoms with van der Waals surface area (Å²) in [5, 5.41) is 5.20. The minimum Gasteiger partial charge on any atom is -0.350 e. The molecule has 23 heavy (non-hydrogen) atoms. The van der Waals surface area contributed by atoms with E-state index >= 15 is 0 Å². The number of halogens is 3. The lowest BCUT2D eigenvalue weighted by Crippen LogP contribution is -2.57. The van der Waals surface area contributed by atoms with Gasteiger partial charge in [-0.05, 0) is 19.1 Å². The van der Waals surface area contributed by atoms with Crippen molar-refractivity contribution in [3.63, 3.8) is 0 Å². The Hall–Kier alpha value is -1.87. The monoisotopic (exact) mass is 332 g/mol. The number of carbonyl (C=O) groups excluding carboxylic acids is 1. The molecule has 2 rings (SSSR count). The van der Waals surface area contributed by atoms with Crippen LogP contribution in [0.15, 0.2) is 16.9 Å². The number of hydrogen-bond donors (Lipinski definition) is 3. The van der Waals surface area contributed by atoms with E-state index in [9.17, 15) is 22.8 Å². The van der Waals surface area contributed by atoms with Crippen LogP contribution in [0.3, 0.4) is 0 Å². The van der Waals surface area contributed by atoms with Gasteiger partial charge in [-0.1, -0.05) is 0 Å². The van der Waals surface area contributed by atoms with Gasteiger partial charge in [0, 0.05) is 38.4 Å². The van der Waals surface area contributed by atoms with Crippen molar-refractivity contribution >= 4 is 5.91 Å². The maximum atomic E-state index is 13.2. The quantitative estimate of drug-likeness (QED) is 0.739. The number of aromatic amines is 1. The van der Waals surface area contributed by atoms with Gasteiger partial charge in [0.2, 0.25) is 0 Å². The molecule has 1 aliphatic rings. The summed E-state index contributed by atoms with van der Waals surface area (Å²) in [6, 6.07) is 1.06. The fourth-order valence-corrected chi connectivity index (χ4v) is 2.48. The lowest BCUT2D eigenvalue weighted by Gasteiger charge is -2.35. The van der Waals surface area contributed by atoms with Gasteiger partial charge in [0.05, 0.1) is 0 Å². The number of rotatable bonds is 4. The summed E-state index contributed by atoms with van der Waals surface area (Å²) in [4.78, 5) is 27.4. The van der Waals surface area contributed by atoms with Crippen LogP contribution in [0.4, 0.5) is 13.2 Å². The average Bonchev–Trinajstić information content (AvgIpc) is 2.47. The predicted molar refractivity (Wildman–Crippen MR) is 78.4 cm³/mol. The van der Waals surface area contributed by atoms with E-state index in [0.29, 0.717) is 18.8 Å². The Morgan fingerprint density at radius 2 is 2.00 bits per heavy atom. The molecule has 1 amide bonds. The molecule has 2 heterocycles. The molecule has 0 saturated carbocycles. The van der Waals surface area contributed by atoms with Crippen molar-refractivity contribution in [2.45, 2.75) is 19.1 Å². The SMILES string of the molecule is Cc1ccc(C(=O)NCC(N2CCNCC2)C(F)(F)F)c(=O)[nH]1. The van der Waals surface area contributed by atoms with Crippen LogP contribution >= 0.6 is 0 Å². The van der Waals surface area contributed by atoms with E-state index in [-0.39, 0.29) is 18.7 Å². The fourth-order valence-electron chi connectivity index (χ4n) is 2.48. The highest BCUT2D eigenvalue weighted by atomic mass is 19.4. The number of nitrogens with one attached hydrogen (secondary N) is 3. The van der Waals surface area contributed by atoms with Crippen molar-refractivity contribution in [1.29, 1.82) is 0 Å². The van der Waals surface area contributed by atoms with Gasteiger partial charge >= 0.3 is 6.18 Å². The van der Waals surface area contributed by atoms with E-state index in [4.69, 9.17) is 0 Å². The Morgan fingerprint density at radius 3 is 2.57 bits per heavy atom. The van der Waals surface area contributed by atoms with E-state index in [1.54, 1.807) is 6.92 Å². The number of hydrogen-bond acceptors (Lipinski definition) is 4. The van der Waals surface area contributed by atoms with Gasteiger partial charge < -0.3 is 15.6 Å². The fraction of sp³-hybridized carbons (Fsp3) is 0.571. The standard InChI is InChI=1S/C14H19F3N4O2/c1-9-2-3-10(13(23)20-9)12(22)19-8-11(14(15,16)17)21-6-4-18-5-7-21/h2-3,11,18H,4-8H2,1H3,(H,19,22)(H,20,23). The molecular formula is C14H19F3N4O2. The third kappa shape index (κ3) is 4.55. The number of carbonyl (C=O) groups is 1. The minimum absolute atomic E-state index is 0.197. The summed E-state index contributed by atoms with van der Waals surface area (Å²) in [5.41, 5.74) is -0.245. The number of nitrogens with zero attached hydrogens (tertiary/aromatic N) is 1. The van der Waals surface area contributed by atoms with Gasteiger partial charge in [-0.25, -0.2) is 0 Å². The molecule has 0 aliphatic carbocycles. The number of alkyl halides is 3. The topological polar surface area (TPSA) is 77.2 Å². The van der Waals surface area contributed by atoms with Gasteiger partial charge in [0.25, 0.3) is 11.5 Å². The minimum atomic E-state index is -4.45. The molecule has 6 nitrogen and oxygen atoms in total. The molecule has 1 unspecified atom stereocenters. The normalized spacial score (nSPS) is 17.7. The van der Waals surface area contributed by atoms with Gasteiger partial charge in [0.1, 0.15) is 11.6 Å². The molecule has 1 aromatic heterocycles. The summed E-state index contributed by atoms with van der Waals surface area (Å²) >= 11 is 0. The summed E-state index contributed by atoms with van der Waals surface area (Å²) < 4.78 is 39.6. The van der Waals surface area contributed by atoms with Crippen LogP contribution in [0.1, 0.15) is 16.1 Å². The highest BCUT2D eigenvalue weighted by molar-refractivity contribution is 5.93. The number of H-pyrrole nitrogens is 1. The molecule has 1 saturated heterocycles. The van der Waals surface area contributed by atoms with Crippen LogP contribution < -0.4 is 16.2 Å². The lowest BCUT2D eigenvalue weighted by atomic mass is 10.2. The molecule has 0 radical (unpaired) electrons. The average molecular weight is 332 g/mol. The maximum Gasteiger partial charge on any atom is 0.405 e. The number of piperazine rings is 1. The van der Waals surface area contributed by atoms with E-state index in [1.165, 1.54) is 17.0 Å². The third-order valence-corrected chi connectivity index (χ3v) is 3.73. The summed E-state index contributed by atoms with van der Waals surface area (Å²) in [6.07, 6.45) is -4.45. The zero-order valence-electron chi connectivity index (χ0n) is 12.7. The van der Waals surface area contributed by atoms with Crippen molar-refractivity contribution < 1.29 is 18.0 Å². The highest BCUT2D eigenvalue weighted by Crippen LogP contribution is 2.24.